The largest absolute Gasteiger partial charge is 0.330 e. The van der Waals surface area contributed by atoms with Gasteiger partial charge in [-0.25, -0.2) is 0 Å². The zero-order valence-electron chi connectivity index (χ0n) is 6.94. The molecule has 0 saturated heterocycles. The van der Waals surface area contributed by atoms with Gasteiger partial charge in [0, 0.05) is 23.7 Å². The van der Waals surface area contributed by atoms with Crippen molar-refractivity contribution in [1.82, 2.24) is 0 Å². The Bertz CT molecular complexity index is 42.5. The maximum absolute atomic E-state index is 5.34. The minimum atomic E-state index is 0. The van der Waals surface area contributed by atoms with Gasteiger partial charge in [-0.05, 0) is 13.0 Å². The van der Waals surface area contributed by atoms with Crippen LogP contribution in [0, 0.1) is 0 Å². The molecule has 0 amide bonds. The molecule has 0 aromatic rings. The first-order chi connectivity index (χ1) is 4.41. The van der Waals surface area contributed by atoms with Gasteiger partial charge in [0.2, 0.25) is 0 Å². The summed E-state index contributed by atoms with van der Waals surface area (Å²) in [6, 6.07) is 0. The van der Waals surface area contributed by atoms with Gasteiger partial charge < -0.3 is 5.73 Å². The zero-order chi connectivity index (χ0) is 6.95. The second kappa shape index (κ2) is 12.4. The van der Waals surface area contributed by atoms with Crippen molar-refractivity contribution in [2.24, 2.45) is 5.73 Å². The maximum Gasteiger partial charge on any atom is 0 e. The standard InChI is InChI=1S/C8H19N.Te/c1-2-3-4-5-6-7-8-9;/h2-9H2,1H3;. The maximum atomic E-state index is 5.34. The summed E-state index contributed by atoms with van der Waals surface area (Å²) in [5, 5.41) is 0. The summed E-state index contributed by atoms with van der Waals surface area (Å²) in [6.07, 6.45) is 8.05. The summed E-state index contributed by atoms with van der Waals surface area (Å²) < 4.78 is 0. The third-order valence-electron chi connectivity index (χ3n) is 1.56. The number of unbranched alkanes of at least 4 members (excludes halogenated alkanes) is 5. The second-order valence-electron chi connectivity index (χ2n) is 2.56. The van der Waals surface area contributed by atoms with Crippen LogP contribution >= 0.6 is 0 Å². The molecule has 0 aliphatic heterocycles. The van der Waals surface area contributed by atoms with E-state index < -0.39 is 0 Å². The average molecular weight is 257 g/mol. The van der Waals surface area contributed by atoms with E-state index in [1.54, 1.807) is 0 Å². The van der Waals surface area contributed by atoms with Crippen LogP contribution in [0.5, 0.6) is 0 Å². The Kier molecular flexibility index (Phi) is 16.6. The molecule has 62 valence electrons. The summed E-state index contributed by atoms with van der Waals surface area (Å²) in [6.45, 7) is 3.11. The Labute approximate surface area is 81.5 Å². The van der Waals surface area contributed by atoms with E-state index in [0.29, 0.717) is 0 Å². The van der Waals surface area contributed by atoms with Gasteiger partial charge in [0.15, 0.2) is 0 Å². The van der Waals surface area contributed by atoms with Gasteiger partial charge in [0.1, 0.15) is 0 Å². The number of rotatable bonds is 6. The van der Waals surface area contributed by atoms with Gasteiger partial charge in [-0.15, -0.1) is 0 Å². The Morgan fingerprint density at radius 2 is 1.40 bits per heavy atom. The van der Waals surface area contributed by atoms with Crippen LogP contribution in [0.1, 0.15) is 45.4 Å². The summed E-state index contributed by atoms with van der Waals surface area (Å²) in [5.74, 6) is 0. The minimum absolute atomic E-state index is 0. The fourth-order valence-corrected chi connectivity index (χ4v) is 0.925. The normalized spacial score (nSPS) is 9.00. The monoisotopic (exact) mass is 259 g/mol. The van der Waals surface area contributed by atoms with E-state index in [0.717, 1.165) is 6.54 Å². The van der Waals surface area contributed by atoms with Crippen LogP contribution in [0.4, 0.5) is 0 Å². The first-order valence-electron chi connectivity index (χ1n) is 4.12. The van der Waals surface area contributed by atoms with Crippen molar-refractivity contribution in [1.29, 1.82) is 0 Å². The first kappa shape index (κ1) is 13.3. The van der Waals surface area contributed by atoms with Crippen molar-refractivity contribution in [3.8, 4) is 0 Å². The van der Waals surface area contributed by atoms with Crippen molar-refractivity contribution >= 4 is 23.7 Å². The van der Waals surface area contributed by atoms with Gasteiger partial charge in [0.25, 0.3) is 0 Å². The van der Waals surface area contributed by atoms with Crippen LogP contribution in [-0.4, -0.2) is 30.2 Å². The summed E-state index contributed by atoms with van der Waals surface area (Å²) in [5.41, 5.74) is 5.34. The fourth-order valence-electron chi connectivity index (χ4n) is 0.925. The van der Waals surface area contributed by atoms with Gasteiger partial charge in [-0.1, -0.05) is 39.0 Å². The van der Waals surface area contributed by atoms with Crippen LogP contribution in [0.3, 0.4) is 0 Å². The molecule has 0 aliphatic rings. The molecule has 2 radical (unpaired) electrons. The predicted octanol–water partition coefficient (Wildman–Crippen LogP) is 1.92. The smallest absolute Gasteiger partial charge is 0 e. The molecule has 2 heteroatoms. The van der Waals surface area contributed by atoms with Crippen molar-refractivity contribution in [3.63, 3.8) is 0 Å². The Balaban J connectivity index is 0. The number of nitrogens with two attached hydrogens (primary N) is 1. The molecular weight excluding hydrogens is 238 g/mol. The van der Waals surface area contributed by atoms with E-state index in [-0.39, 0.29) is 23.7 Å². The summed E-state index contributed by atoms with van der Waals surface area (Å²) in [4.78, 5) is 0. The number of hydrogen-bond acceptors (Lipinski definition) is 1. The molecule has 0 saturated carbocycles. The average Bonchev–Trinajstić information content (AvgIpc) is 1.89. The molecule has 0 rings (SSSR count). The molecule has 0 unspecified atom stereocenters. The van der Waals surface area contributed by atoms with E-state index in [1.807, 2.05) is 0 Å². The molecule has 2 N–H and O–H groups in total. The van der Waals surface area contributed by atoms with Crippen molar-refractivity contribution in [2.45, 2.75) is 45.4 Å². The molecule has 10 heavy (non-hydrogen) atoms. The quantitative estimate of drug-likeness (QED) is 0.570. The van der Waals surface area contributed by atoms with E-state index in [1.165, 1.54) is 38.5 Å². The van der Waals surface area contributed by atoms with E-state index >= 15 is 0 Å². The minimum Gasteiger partial charge on any atom is -0.330 e. The van der Waals surface area contributed by atoms with Crippen molar-refractivity contribution in [2.75, 3.05) is 6.54 Å². The molecule has 0 spiro atoms. The summed E-state index contributed by atoms with van der Waals surface area (Å²) >= 11 is 0. The molecular formula is C8H19NTe. The molecule has 0 aromatic carbocycles. The SMILES string of the molecule is CCCCCCCCN.[Te]. The third-order valence-corrected chi connectivity index (χ3v) is 1.56. The number of hydrogen-bond donors (Lipinski definition) is 1. The van der Waals surface area contributed by atoms with Crippen LogP contribution in [-0.2, 0) is 0 Å². The molecule has 0 bridgehead atoms. The van der Waals surface area contributed by atoms with Crippen LogP contribution in [0.15, 0.2) is 0 Å². The van der Waals surface area contributed by atoms with Gasteiger partial charge in [-0.2, -0.15) is 0 Å². The summed E-state index contributed by atoms with van der Waals surface area (Å²) in [7, 11) is 0. The Hall–Kier alpha value is 0.750. The topological polar surface area (TPSA) is 26.0 Å². The zero-order valence-corrected chi connectivity index (χ0v) is 9.27. The fraction of sp³-hybridized carbons (Fsp3) is 1.00. The molecule has 0 aliphatic carbocycles. The first-order valence-corrected chi connectivity index (χ1v) is 4.12. The van der Waals surface area contributed by atoms with Crippen LogP contribution < -0.4 is 5.73 Å². The van der Waals surface area contributed by atoms with Crippen molar-refractivity contribution < 1.29 is 0 Å². The molecule has 0 atom stereocenters. The second-order valence-corrected chi connectivity index (χ2v) is 2.56. The molecule has 0 fully saturated rings. The van der Waals surface area contributed by atoms with Crippen molar-refractivity contribution in [3.05, 3.63) is 0 Å². The Morgan fingerprint density at radius 1 is 0.900 bits per heavy atom. The molecule has 1 nitrogen and oxygen atoms in total. The van der Waals surface area contributed by atoms with Crippen LogP contribution in [0.2, 0.25) is 0 Å². The van der Waals surface area contributed by atoms with E-state index in [2.05, 4.69) is 6.92 Å². The molecule has 0 aromatic heterocycles. The van der Waals surface area contributed by atoms with Gasteiger partial charge in [-0.3, -0.25) is 0 Å². The third kappa shape index (κ3) is 11.5. The van der Waals surface area contributed by atoms with Gasteiger partial charge >= 0.3 is 0 Å². The van der Waals surface area contributed by atoms with E-state index in [9.17, 15) is 0 Å². The van der Waals surface area contributed by atoms with Crippen LogP contribution in [0.25, 0.3) is 0 Å². The Morgan fingerprint density at radius 3 is 1.90 bits per heavy atom. The van der Waals surface area contributed by atoms with E-state index in [4.69, 9.17) is 5.73 Å². The molecule has 0 heterocycles. The predicted molar refractivity (Wildman–Crippen MR) is 48.2 cm³/mol. The van der Waals surface area contributed by atoms with Gasteiger partial charge in [0.05, 0.1) is 0 Å².